The Bertz CT molecular complexity index is 400. The molecule has 2 rings (SSSR count). The Hall–Kier alpha value is -1.15. The third-order valence-corrected chi connectivity index (χ3v) is 2.78. The van der Waals surface area contributed by atoms with Crippen LogP contribution in [0.5, 0.6) is 0 Å². The molecular weight excluding hydrogens is 178 g/mol. The van der Waals surface area contributed by atoms with Crippen LogP contribution in [0.15, 0.2) is 24.3 Å². The molecule has 0 saturated carbocycles. The van der Waals surface area contributed by atoms with Crippen LogP contribution in [0.2, 0.25) is 0 Å². The molecule has 1 aromatic carbocycles. The van der Waals surface area contributed by atoms with E-state index in [1.54, 1.807) is 11.3 Å². The Morgan fingerprint density at radius 1 is 1.15 bits per heavy atom. The third-order valence-electron chi connectivity index (χ3n) is 1.86. The van der Waals surface area contributed by atoms with Crippen molar-refractivity contribution in [3.8, 4) is 10.6 Å². The molecule has 65 valence electrons. The first-order valence-corrected chi connectivity index (χ1v) is 4.99. The van der Waals surface area contributed by atoms with Crippen LogP contribution in [-0.2, 0) is 0 Å². The van der Waals surface area contributed by atoms with Crippen molar-refractivity contribution in [2.75, 3.05) is 0 Å². The number of aromatic nitrogens is 1. The summed E-state index contributed by atoms with van der Waals surface area (Å²) in [5, 5.41) is 4.17. The van der Waals surface area contributed by atoms with Gasteiger partial charge in [0.15, 0.2) is 0 Å². The number of thiazole rings is 1. The number of nitrogens with zero attached hydrogens (tertiary/aromatic N) is 1. The molecular formula is C11H10NS. The van der Waals surface area contributed by atoms with Crippen molar-refractivity contribution < 1.29 is 0 Å². The maximum Gasteiger partial charge on any atom is 0.124 e. The van der Waals surface area contributed by atoms with Crippen LogP contribution >= 0.6 is 11.3 Å². The fourth-order valence-electron chi connectivity index (χ4n) is 1.14. The topological polar surface area (TPSA) is 12.9 Å². The number of benzene rings is 1. The summed E-state index contributed by atoms with van der Waals surface area (Å²) < 4.78 is 0. The van der Waals surface area contributed by atoms with E-state index < -0.39 is 0 Å². The zero-order valence-electron chi connectivity index (χ0n) is 7.66. The first kappa shape index (κ1) is 8.45. The molecule has 0 aliphatic carbocycles. The number of rotatable bonds is 1. The Labute approximate surface area is 82.1 Å². The zero-order chi connectivity index (χ0) is 9.26. The fourth-order valence-corrected chi connectivity index (χ4v) is 1.87. The summed E-state index contributed by atoms with van der Waals surface area (Å²) in [5.74, 6) is 0. The van der Waals surface area contributed by atoms with Gasteiger partial charge in [-0.1, -0.05) is 29.8 Å². The van der Waals surface area contributed by atoms with E-state index in [2.05, 4.69) is 41.6 Å². The average molecular weight is 188 g/mol. The molecule has 0 amide bonds. The lowest BCUT2D eigenvalue weighted by molar-refractivity contribution is 1.26. The van der Waals surface area contributed by atoms with E-state index in [4.69, 9.17) is 0 Å². The zero-order valence-corrected chi connectivity index (χ0v) is 8.48. The lowest BCUT2D eigenvalue weighted by Crippen LogP contribution is -1.77. The highest BCUT2D eigenvalue weighted by Gasteiger charge is 2.01. The van der Waals surface area contributed by atoms with E-state index in [-0.39, 0.29) is 0 Å². The van der Waals surface area contributed by atoms with E-state index in [9.17, 15) is 0 Å². The van der Waals surface area contributed by atoms with Crippen molar-refractivity contribution in [1.82, 2.24) is 4.98 Å². The number of hydrogen-bond donors (Lipinski definition) is 0. The van der Waals surface area contributed by atoms with Gasteiger partial charge in [0.2, 0.25) is 0 Å². The summed E-state index contributed by atoms with van der Waals surface area (Å²) >= 11 is 1.57. The molecule has 1 nitrogen and oxygen atoms in total. The smallest absolute Gasteiger partial charge is 0.124 e. The fraction of sp³-hybridized carbons (Fsp3) is 0.182. The van der Waals surface area contributed by atoms with Crippen LogP contribution in [-0.4, -0.2) is 4.98 Å². The molecule has 0 spiro atoms. The number of hydrogen-bond acceptors (Lipinski definition) is 2. The monoisotopic (exact) mass is 188 g/mol. The summed E-state index contributed by atoms with van der Waals surface area (Å²) in [6.45, 7) is 4.05. The Morgan fingerprint density at radius 2 is 1.85 bits per heavy atom. The minimum Gasteiger partial charge on any atom is -0.241 e. The Balaban J connectivity index is 2.41. The SMILES string of the molecule is Cc1ccc(-c2nc(C)[c]s2)cc1. The van der Waals surface area contributed by atoms with Crippen molar-refractivity contribution in [2.24, 2.45) is 0 Å². The minimum atomic E-state index is 0.973. The molecule has 0 unspecified atom stereocenters. The van der Waals surface area contributed by atoms with Crippen LogP contribution in [0.1, 0.15) is 11.3 Å². The minimum absolute atomic E-state index is 0.973. The molecule has 2 heteroatoms. The summed E-state index contributed by atoms with van der Waals surface area (Å²) in [6.07, 6.45) is 0. The first-order valence-electron chi connectivity index (χ1n) is 4.18. The molecule has 1 aromatic heterocycles. The van der Waals surface area contributed by atoms with Crippen LogP contribution in [0.4, 0.5) is 0 Å². The van der Waals surface area contributed by atoms with Crippen molar-refractivity contribution in [3.05, 3.63) is 40.9 Å². The third kappa shape index (κ3) is 1.78. The summed E-state index contributed by atoms with van der Waals surface area (Å²) in [5.41, 5.74) is 3.43. The molecule has 13 heavy (non-hydrogen) atoms. The lowest BCUT2D eigenvalue weighted by Gasteiger charge is -1.95. The van der Waals surface area contributed by atoms with E-state index in [1.165, 1.54) is 11.1 Å². The van der Waals surface area contributed by atoms with Gasteiger partial charge < -0.3 is 0 Å². The van der Waals surface area contributed by atoms with Crippen molar-refractivity contribution >= 4 is 11.3 Å². The Morgan fingerprint density at radius 3 is 2.38 bits per heavy atom. The van der Waals surface area contributed by atoms with Crippen molar-refractivity contribution in [2.45, 2.75) is 13.8 Å². The average Bonchev–Trinajstić information content (AvgIpc) is 2.53. The van der Waals surface area contributed by atoms with Gasteiger partial charge >= 0.3 is 0 Å². The lowest BCUT2D eigenvalue weighted by atomic mass is 10.2. The standard InChI is InChI=1S/C11H10NS/c1-8-3-5-10(6-4-8)11-12-9(2)7-13-11/h3-6H,1-2H3. The molecule has 0 atom stereocenters. The van der Waals surface area contributed by atoms with Gasteiger partial charge in [0.05, 0.1) is 11.1 Å². The molecule has 2 aromatic rings. The van der Waals surface area contributed by atoms with Gasteiger partial charge in [-0.2, -0.15) is 0 Å². The second-order valence-electron chi connectivity index (χ2n) is 3.07. The number of aryl methyl sites for hydroxylation is 2. The highest BCUT2D eigenvalue weighted by Crippen LogP contribution is 2.22. The van der Waals surface area contributed by atoms with E-state index in [0.29, 0.717) is 0 Å². The van der Waals surface area contributed by atoms with Gasteiger partial charge in [0.25, 0.3) is 0 Å². The normalized spacial score (nSPS) is 10.3. The Kier molecular flexibility index (Phi) is 2.15. The second-order valence-corrected chi connectivity index (χ2v) is 3.87. The molecule has 0 N–H and O–H groups in total. The summed E-state index contributed by atoms with van der Waals surface area (Å²) in [4.78, 5) is 4.37. The highest BCUT2D eigenvalue weighted by atomic mass is 32.1. The maximum absolute atomic E-state index is 4.37. The van der Waals surface area contributed by atoms with E-state index in [1.807, 2.05) is 6.92 Å². The van der Waals surface area contributed by atoms with Gasteiger partial charge in [0.1, 0.15) is 5.01 Å². The maximum atomic E-state index is 4.37. The molecule has 1 heterocycles. The van der Waals surface area contributed by atoms with Crippen LogP contribution < -0.4 is 0 Å². The van der Waals surface area contributed by atoms with Gasteiger partial charge in [0, 0.05) is 5.56 Å². The summed E-state index contributed by atoms with van der Waals surface area (Å²) in [7, 11) is 0. The van der Waals surface area contributed by atoms with Gasteiger partial charge in [-0.25, -0.2) is 4.98 Å². The van der Waals surface area contributed by atoms with Crippen LogP contribution in [0.3, 0.4) is 0 Å². The van der Waals surface area contributed by atoms with Crippen LogP contribution in [0, 0.1) is 19.2 Å². The molecule has 0 aliphatic rings. The summed E-state index contributed by atoms with van der Waals surface area (Å²) in [6, 6.07) is 8.40. The van der Waals surface area contributed by atoms with Crippen LogP contribution in [0.25, 0.3) is 10.6 Å². The van der Waals surface area contributed by atoms with Gasteiger partial charge in [-0.3, -0.25) is 0 Å². The predicted octanol–water partition coefficient (Wildman–Crippen LogP) is 3.23. The van der Waals surface area contributed by atoms with E-state index >= 15 is 0 Å². The molecule has 0 aliphatic heterocycles. The van der Waals surface area contributed by atoms with Crippen molar-refractivity contribution in [1.29, 1.82) is 0 Å². The van der Waals surface area contributed by atoms with Gasteiger partial charge in [-0.15, -0.1) is 11.3 Å². The van der Waals surface area contributed by atoms with Gasteiger partial charge in [-0.05, 0) is 13.8 Å². The largest absolute Gasteiger partial charge is 0.241 e. The van der Waals surface area contributed by atoms with Crippen molar-refractivity contribution in [3.63, 3.8) is 0 Å². The molecule has 0 saturated heterocycles. The second kappa shape index (κ2) is 3.30. The molecule has 0 fully saturated rings. The highest BCUT2D eigenvalue weighted by molar-refractivity contribution is 7.12. The first-order chi connectivity index (χ1) is 6.25. The molecule has 0 bridgehead atoms. The quantitative estimate of drug-likeness (QED) is 0.669. The molecule has 1 radical (unpaired) electrons. The predicted molar refractivity (Wildman–Crippen MR) is 55.9 cm³/mol. The van der Waals surface area contributed by atoms with E-state index in [0.717, 1.165) is 10.7 Å².